The molecule has 0 amide bonds. The summed E-state index contributed by atoms with van der Waals surface area (Å²) in [6.07, 6.45) is 4.25. The van der Waals surface area contributed by atoms with Gasteiger partial charge in [-0.25, -0.2) is 13.6 Å². The molecule has 6 nitrogen and oxygen atoms in total. The Morgan fingerprint density at radius 3 is 2.65 bits per heavy atom. The summed E-state index contributed by atoms with van der Waals surface area (Å²) in [5.41, 5.74) is 7.60. The van der Waals surface area contributed by atoms with E-state index in [1.54, 1.807) is 24.5 Å². The molecule has 0 aliphatic rings. The van der Waals surface area contributed by atoms with Crippen molar-refractivity contribution in [2.24, 2.45) is 5.14 Å². The molecular weight excluding hydrogens is 276 g/mol. The first kappa shape index (κ1) is 14.3. The van der Waals surface area contributed by atoms with Crippen molar-refractivity contribution in [3.05, 3.63) is 48.3 Å². The second kappa shape index (κ2) is 5.89. The van der Waals surface area contributed by atoms with Gasteiger partial charge in [0.05, 0.1) is 11.4 Å². The van der Waals surface area contributed by atoms with Gasteiger partial charge in [0.25, 0.3) is 0 Å². The van der Waals surface area contributed by atoms with Crippen molar-refractivity contribution in [3.63, 3.8) is 0 Å². The Labute approximate surface area is 117 Å². The molecule has 0 unspecified atom stereocenters. The average Bonchev–Trinajstić information content (AvgIpc) is 2.40. The lowest BCUT2D eigenvalue weighted by Crippen LogP contribution is -2.16. The zero-order valence-electron chi connectivity index (χ0n) is 10.8. The molecular formula is C13H16N4O2S. The van der Waals surface area contributed by atoms with E-state index in [4.69, 9.17) is 10.9 Å². The quantitative estimate of drug-likeness (QED) is 0.711. The maximum Gasteiger partial charge on any atom is 0.240 e. The van der Waals surface area contributed by atoms with Gasteiger partial charge in [0.15, 0.2) is 0 Å². The van der Waals surface area contributed by atoms with Crippen LogP contribution >= 0.6 is 0 Å². The van der Waals surface area contributed by atoms with Gasteiger partial charge >= 0.3 is 0 Å². The first-order chi connectivity index (χ1) is 9.48. The van der Waals surface area contributed by atoms with Crippen LogP contribution in [0, 0.1) is 0 Å². The van der Waals surface area contributed by atoms with Gasteiger partial charge in [-0.15, -0.1) is 0 Å². The zero-order valence-corrected chi connectivity index (χ0v) is 11.6. The van der Waals surface area contributed by atoms with Gasteiger partial charge in [0.2, 0.25) is 10.0 Å². The molecule has 0 saturated heterocycles. The minimum Gasteiger partial charge on any atom is -0.396 e. The lowest BCUT2D eigenvalue weighted by atomic mass is 10.2. The number of nitrogens with one attached hydrogen (secondary N) is 1. The van der Waals surface area contributed by atoms with Gasteiger partial charge in [0, 0.05) is 18.9 Å². The Balaban J connectivity index is 2.07. The van der Waals surface area contributed by atoms with Crippen LogP contribution in [0.4, 0.5) is 11.4 Å². The van der Waals surface area contributed by atoms with E-state index in [1.165, 1.54) is 6.07 Å². The molecule has 0 aliphatic carbocycles. The predicted molar refractivity (Wildman–Crippen MR) is 78.7 cm³/mol. The van der Waals surface area contributed by atoms with Crippen LogP contribution in [0.2, 0.25) is 0 Å². The lowest BCUT2D eigenvalue weighted by Gasteiger charge is -2.11. The Hall–Kier alpha value is -2.12. The first-order valence-corrected chi connectivity index (χ1v) is 7.57. The molecule has 0 bridgehead atoms. The summed E-state index contributed by atoms with van der Waals surface area (Å²) >= 11 is 0. The minimum atomic E-state index is -3.81. The molecule has 0 aliphatic heterocycles. The van der Waals surface area contributed by atoms with Gasteiger partial charge in [-0.1, -0.05) is 12.1 Å². The standard InChI is InChI=1S/C13H16N4O2S/c14-13-11(4-1-5-12(13)20(15,18)19)17-8-6-10-3-2-7-16-9-10/h1-5,7,9,17H,6,8,14H2,(H2,15,18,19). The molecule has 0 fully saturated rings. The van der Waals surface area contributed by atoms with Crippen LogP contribution in [0.3, 0.4) is 0 Å². The van der Waals surface area contributed by atoms with Crippen molar-refractivity contribution in [1.82, 2.24) is 4.98 Å². The molecule has 106 valence electrons. The largest absolute Gasteiger partial charge is 0.396 e. The molecule has 1 aromatic carbocycles. The molecule has 1 heterocycles. The molecule has 2 rings (SSSR count). The van der Waals surface area contributed by atoms with Crippen LogP contribution in [0.5, 0.6) is 0 Å². The fourth-order valence-electron chi connectivity index (χ4n) is 1.83. The van der Waals surface area contributed by atoms with Gasteiger partial charge in [0.1, 0.15) is 4.90 Å². The maximum absolute atomic E-state index is 11.4. The number of hydrogen-bond donors (Lipinski definition) is 3. The zero-order chi connectivity index (χ0) is 14.6. The lowest BCUT2D eigenvalue weighted by molar-refractivity contribution is 0.598. The van der Waals surface area contributed by atoms with Crippen molar-refractivity contribution in [2.75, 3.05) is 17.6 Å². The molecule has 0 saturated carbocycles. The molecule has 1 aromatic heterocycles. The maximum atomic E-state index is 11.4. The summed E-state index contributed by atoms with van der Waals surface area (Å²) in [7, 11) is -3.81. The molecule has 20 heavy (non-hydrogen) atoms. The predicted octanol–water partition coefficient (Wildman–Crippen LogP) is 0.966. The highest BCUT2D eigenvalue weighted by atomic mass is 32.2. The van der Waals surface area contributed by atoms with E-state index in [9.17, 15) is 8.42 Å². The topological polar surface area (TPSA) is 111 Å². The third-order valence-corrected chi connectivity index (χ3v) is 3.79. The van der Waals surface area contributed by atoms with E-state index >= 15 is 0 Å². The summed E-state index contributed by atoms with van der Waals surface area (Å²) in [6.45, 7) is 0.615. The second-order valence-corrected chi connectivity index (χ2v) is 5.83. The monoisotopic (exact) mass is 292 g/mol. The van der Waals surface area contributed by atoms with Crippen LogP contribution < -0.4 is 16.2 Å². The highest BCUT2D eigenvalue weighted by Gasteiger charge is 2.14. The van der Waals surface area contributed by atoms with Crippen molar-refractivity contribution >= 4 is 21.4 Å². The third-order valence-electron chi connectivity index (χ3n) is 2.82. The Morgan fingerprint density at radius 2 is 2.00 bits per heavy atom. The number of aromatic nitrogens is 1. The summed E-state index contributed by atoms with van der Waals surface area (Å²) in [5, 5.41) is 8.20. The normalized spacial score (nSPS) is 11.2. The number of primary sulfonamides is 1. The number of benzene rings is 1. The number of rotatable bonds is 5. The van der Waals surface area contributed by atoms with E-state index in [-0.39, 0.29) is 10.6 Å². The SMILES string of the molecule is Nc1c(NCCc2cccnc2)cccc1S(N)(=O)=O. The number of para-hydroxylation sites is 1. The summed E-state index contributed by atoms with van der Waals surface area (Å²) in [4.78, 5) is 3.96. The Bertz CT molecular complexity index is 687. The molecule has 5 N–H and O–H groups in total. The number of hydrogen-bond acceptors (Lipinski definition) is 5. The average molecular weight is 292 g/mol. The van der Waals surface area contributed by atoms with Crippen molar-refractivity contribution in [3.8, 4) is 0 Å². The summed E-state index contributed by atoms with van der Waals surface area (Å²) in [6, 6.07) is 8.54. The Morgan fingerprint density at radius 1 is 1.20 bits per heavy atom. The van der Waals surface area contributed by atoms with E-state index in [0.29, 0.717) is 12.2 Å². The fourth-order valence-corrected chi connectivity index (χ4v) is 2.52. The van der Waals surface area contributed by atoms with E-state index in [2.05, 4.69) is 10.3 Å². The van der Waals surface area contributed by atoms with Crippen molar-refractivity contribution < 1.29 is 8.42 Å². The molecule has 0 spiro atoms. The van der Waals surface area contributed by atoms with Crippen LogP contribution in [0.15, 0.2) is 47.6 Å². The van der Waals surface area contributed by atoms with Gasteiger partial charge in [-0.2, -0.15) is 0 Å². The molecule has 0 atom stereocenters. The molecule has 7 heteroatoms. The summed E-state index contributed by atoms with van der Waals surface area (Å²) in [5.74, 6) is 0. The van der Waals surface area contributed by atoms with Gasteiger partial charge in [-0.05, 0) is 30.2 Å². The fraction of sp³-hybridized carbons (Fsp3) is 0.154. The number of nitrogens with two attached hydrogens (primary N) is 2. The van der Waals surface area contributed by atoms with E-state index in [1.807, 2.05) is 12.1 Å². The van der Waals surface area contributed by atoms with Crippen LogP contribution in [-0.2, 0) is 16.4 Å². The van der Waals surface area contributed by atoms with Crippen molar-refractivity contribution in [1.29, 1.82) is 0 Å². The first-order valence-electron chi connectivity index (χ1n) is 6.02. The number of anilines is 2. The van der Waals surface area contributed by atoms with Crippen LogP contribution in [-0.4, -0.2) is 19.9 Å². The number of nitrogen functional groups attached to an aromatic ring is 1. The number of pyridine rings is 1. The molecule has 2 aromatic rings. The minimum absolute atomic E-state index is 0.0659. The number of sulfonamides is 1. The van der Waals surface area contributed by atoms with Crippen molar-refractivity contribution in [2.45, 2.75) is 11.3 Å². The number of nitrogens with zero attached hydrogens (tertiary/aromatic N) is 1. The van der Waals surface area contributed by atoms with Crippen LogP contribution in [0.25, 0.3) is 0 Å². The van der Waals surface area contributed by atoms with Crippen LogP contribution in [0.1, 0.15) is 5.56 Å². The third kappa shape index (κ3) is 3.46. The smallest absolute Gasteiger partial charge is 0.240 e. The second-order valence-electron chi connectivity index (χ2n) is 4.30. The van der Waals surface area contributed by atoms with Gasteiger partial charge in [-0.3, -0.25) is 4.98 Å². The van der Waals surface area contributed by atoms with E-state index in [0.717, 1.165) is 12.0 Å². The summed E-state index contributed by atoms with van der Waals surface area (Å²) < 4.78 is 22.7. The highest BCUT2D eigenvalue weighted by Crippen LogP contribution is 2.25. The van der Waals surface area contributed by atoms with E-state index < -0.39 is 10.0 Å². The van der Waals surface area contributed by atoms with Gasteiger partial charge < -0.3 is 11.1 Å². The Kier molecular flexibility index (Phi) is 4.21. The molecule has 0 radical (unpaired) electrons. The highest BCUT2D eigenvalue weighted by molar-refractivity contribution is 7.89.